The van der Waals surface area contributed by atoms with Crippen LogP contribution in [0.2, 0.25) is 0 Å². The predicted molar refractivity (Wildman–Crippen MR) is 79.7 cm³/mol. The van der Waals surface area contributed by atoms with Crippen molar-refractivity contribution in [1.29, 1.82) is 0 Å². The van der Waals surface area contributed by atoms with E-state index in [2.05, 4.69) is 10.6 Å². The molecule has 20 heavy (non-hydrogen) atoms. The first-order valence-electron chi connectivity index (χ1n) is 6.52. The fourth-order valence-corrected chi connectivity index (χ4v) is 2.47. The first kappa shape index (κ1) is 16.7. The average molecular weight is 298 g/mol. The Morgan fingerprint density at radius 1 is 1.40 bits per heavy atom. The highest BCUT2D eigenvalue weighted by atomic mass is 32.1. The van der Waals surface area contributed by atoms with Crippen molar-refractivity contribution >= 4 is 23.2 Å². The molecule has 112 valence electrons. The van der Waals surface area contributed by atoms with Crippen molar-refractivity contribution in [2.24, 2.45) is 5.41 Å². The van der Waals surface area contributed by atoms with Crippen LogP contribution < -0.4 is 10.6 Å². The van der Waals surface area contributed by atoms with Crippen LogP contribution in [0.3, 0.4) is 0 Å². The van der Waals surface area contributed by atoms with E-state index in [0.717, 1.165) is 0 Å². The molecule has 1 aromatic heterocycles. The fourth-order valence-electron chi connectivity index (χ4n) is 1.84. The van der Waals surface area contributed by atoms with Gasteiger partial charge < -0.3 is 15.7 Å². The molecule has 0 saturated heterocycles. The quantitative estimate of drug-likeness (QED) is 0.742. The van der Waals surface area contributed by atoms with Gasteiger partial charge in [-0.25, -0.2) is 0 Å². The van der Waals surface area contributed by atoms with Crippen molar-refractivity contribution in [2.45, 2.75) is 33.2 Å². The lowest BCUT2D eigenvalue weighted by atomic mass is 9.88. The summed E-state index contributed by atoms with van der Waals surface area (Å²) < 4.78 is 0. The standard InChI is InChI=1S/C14H22N2O3S/c1-14(2,3)6-11(8-17)16-12(18)7-15-13(19)10-4-5-20-9-10/h4-5,9,11,17H,6-8H2,1-3H3,(H,15,19)(H,16,18). The molecular weight excluding hydrogens is 276 g/mol. The molecule has 1 rings (SSSR count). The lowest BCUT2D eigenvalue weighted by molar-refractivity contribution is -0.121. The van der Waals surface area contributed by atoms with E-state index in [1.165, 1.54) is 11.3 Å². The molecule has 1 atom stereocenters. The first-order valence-corrected chi connectivity index (χ1v) is 7.47. The second kappa shape index (κ2) is 7.40. The molecule has 0 aliphatic carbocycles. The molecule has 0 aliphatic rings. The van der Waals surface area contributed by atoms with E-state index in [-0.39, 0.29) is 36.4 Å². The lowest BCUT2D eigenvalue weighted by Gasteiger charge is -2.25. The van der Waals surface area contributed by atoms with E-state index in [1.54, 1.807) is 16.8 Å². The van der Waals surface area contributed by atoms with Gasteiger partial charge in [-0.3, -0.25) is 9.59 Å². The van der Waals surface area contributed by atoms with E-state index in [0.29, 0.717) is 12.0 Å². The third kappa shape index (κ3) is 6.16. The maximum atomic E-state index is 11.7. The fraction of sp³-hybridized carbons (Fsp3) is 0.571. The Bertz CT molecular complexity index is 438. The monoisotopic (exact) mass is 298 g/mol. The molecule has 2 amide bonds. The molecule has 0 bridgehead atoms. The zero-order valence-electron chi connectivity index (χ0n) is 12.1. The van der Waals surface area contributed by atoms with Gasteiger partial charge in [-0.05, 0) is 23.3 Å². The van der Waals surface area contributed by atoms with E-state index in [1.807, 2.05) is 20.8 Å². The van der Waals surface area contributed by atoms with Gasteiger partial charge >= 0.3 is 0 Å². The van der Waals surface area contributed by atoms with Crippen molar-refractivity contribution in [2.75, 3.05) is 13.2 Å². The summed E-state index contributed by atoms with van der Waals surface area (Å²) in [5.41, 5.74) is 0.567. The molecule has 0 spiro atoms. The number of nitrogens with one attached hydrogen (secondary N) is 2. The topological polar surface area (TPSA) is 78.4 Å². The molecule has 1 heterocycles. The lowest BCUT2D eigenvalue weighted by Crippen LogP contribution is -2.44. The molecule has 0 saturated carbocycles. The van der Waals surface area contributed by atoms with Crippen molar-refractivity contribution < 1.29 is 14.7 Å². The van der Waals surface area contributed by atoms with Crippen LogP contribution in [0.5, 0.6) is 0 Å². The Morgan fingerprint density at radius 2 is 2.10 bits per heavy atom. The molecule has 6 heteroatoms. The third-order valence-electron chi connectivity index (χ3n) is 2.64. The van der Waals surface area contributed by atoms with E-state index in [9.17, 15) is 14.7 Å². The number of hydrogen-bond acceptors (Lipinski definition) is 4. The highest BCUT2D eigenvalue weighted by Gasteiger charge is 2.20. The number of aliphatic hydroxyl groups is 1. The molecule has 0 aliphatic heterocycles. The van der Waals surface area contributed by atoms with Crippen LogP contribution in [0.4, 0.5) is 0 Å². The zero-order chi connectivity index (χ0) is 15.2. The summed E-state index contributed by atoms with van der Waals surface area (Å²) in [5.74, 6) is -0.561. The predicted octanol–water partition coefficient (Wildman–Crippen LogP) is 1.39. The van der Waals surface area contributed by atoms with E-state index >= 15 is 0 Å². The first-order chi connectivity index (χ1) is 9.31. The number of aliphatic hydroxyl groups excluding tert-OH is 1. The van der Waals surface area contributed by atoms with Gasteiger partial charge in [0.15, 0.2) is 0 Å². The summed E-state index contributed by atoms with van der Waals surface area (Å²) in [6.45, 7) is 5.93. The van der Waals surface area contributed by atoms with E-state index < -0.39 is 0 Å². The smallest absolute Gasteiger partial charge is 0.252 e. The summed E-state index contributed by atoms with van der Waals surface area (Å²) >= 11 is 1.43. The van der Waals surface area contributed by atoms with Crippen LogP contribution in [-0.2, 0) is 4.79 Å². The Labute approximate surface area is 123 Å². The van der Waals surface area contributed by atoms with Crippen LogP contribution in [-0.4, -0.2) is 36.1 Å². The molecule has 1 unspecified atom stereocenters. The summed E-state index contributed by atoms with van der Waals surface area (Å²) in [5, 5.41) is 18.1. The van der Waals surface area contributed by atoms with Gasteiger partial charge in [0.2, 0.25) is 5.91 Å². The summed E-state index contributed by atoms with van der Waals surface area (Å²) in [6, 6.07) is 1.41. The van der Waals surface area contributed by atoms with Crippen LogP contribution in [0.15, 0.2) is 16.8 Å². The number of carbonyl (C=O) groups excluding carboxylic acids is 2. The Morgan fingerprint density at radius 3 is 2.60 bits per heavy atom. The molecule has 5 nitrogen and oxygen atoms in total. The van der Waals surface area contributed by atoms with Crippen molar-refractivity contribution in [1.82, 2.24) is 10.6 Å². The number of rotatable bonds is 6. The average Bonchev–Trinajstić information content (AvgIpc) is 2.87. The van der Waals surface area contributed by atoms with Gasteiger partial charge in [-0.15, -0.1) is 0 Å². The Hall–Kier alpha value is -1.40. The van der Waals surface area contributed by atoms with Gasteiger partial charge in [0.1, 0.15) is 0 Å². The number of amides is 2. The summed E-state index contributed by atoms with van der Waals surface area (Å²) in [4.78, 5) is 23.4. The second-order valence-corrected chi connectivity index (χ2v) is 6.69. The van der Waals surface area contributed by atoms with Gasteiger partial charge in [-0.1, -0.05) is 20.8 Å². The molecule has 0 radical (unpaired) electrons. The maximum absolute atomic E-state index is 11.7. The van der Waals surface area contributed by atoms with Crippen molar-refractivity contribution in [3.8, 4) is 0 Å². The molecular formula is C14H22N2O3S. The third-order valence-corrected chi connectivity index (χ3v) is 3.32. The number of thiophene rings is 1. The van der Waals surface area contributed by atoms with Crippen LogP contribution in [0.25, 0.3) is 0 Å². The van der Waals surface area contributed by atoms with E-state index in [4.69, 9.17) is 0 Å². The van der Waals surface area contributed by atoms with Crippen LogP contribution >= 0.6 is 11.3 Å². The van der Waals surface area contributed by atoms with Gasteiger partial charge in [0.25, 0.3) is 5.91 Å². The second-order valence-electron chi connectivity index (χ2n) is 5.91. The minimum atomic E-state index is -0.295. The maximum Gasteiger partial charge on any atom is 0.252 e. The van der Waals surface area contributed by atoms with Crippen molar-refractivity contribution in [3.63, 3.8) is 0 Å². The highest BCUT2D eigenvalue weighted by Crippen LogP contribution is 2.20. The molecule has 0 aromatic carbocycles. The van der Waals surface area contributed by atoms with Crippen LogP contribution in [0.1, 0.15) is 37.6 Å². The normalized spacial score (nSPS) is 12.8. The highest BCUT2D eigenvalue weighted by molar-refractivity contribution is 7.08. The minimum Gasteiger partial charge on any atom is -0.394 e. The summed E-state index contributed by atoms with van der Waals surface area (Å²) in [7, 11) is 0. The largest absolute Gasteiger partial charge is 0.394 e. The van der Waals surface area contributed by atoms with Crippen LogP contribution in [0, 0.1) is 5.41 Å². The van der Waals surface area contributed by atoms with Gasteiger partial charge in [0, 0.05) is 10.9 Å². The van der Waals surface area contributed by atoms with Crippen molar-refractivity contribution in [3.05, 3.63) is 22.4 Å². The van der Waals surface area contributed by atoms with Gasteiger partial charge in [-0.2, -0.15) is 11.3 Å². The molecule has 1 aromatic rings. The Balaban J connectivity index is 2.37. The Kier molecular flexibility index (Phi) is 6.16. The number of carbonyl (C=O) groups is 2. The SMILES string of the molecule is CC(C)(C)CC(CO)NC(=O)CNC(=O)c1ccsc1. The molecule has 0 fully saturated rings. The minimum absolute atomic E-state index is 0.0145. The summed E-state index contributed by atoms with van der Waals surface area (Å²) in [6.07, 6.45) is 0.674. The number of hydrogen-bond donors (Lipinski definition) is 3. The molecule has 3 N–H and O–H groups in total. The zero-order valence-corrected chi connectivity index (χ0v) is 12.9. The van der Waals surface area contributed by atoms with Gasteiger partial charge in [0.05, 0.1) is 19.2 Å².